The molecule has 1 aromatic carbocycles. The molecule has 1 aromatic rings. The molecule has 5 nitrogen and oxygen atoms in total. The molecular weight excluding hydrogens is 314 g/mol. The molecule has 104 valence electrons. The lowest BCUT2D eigenvalue weighted by Gasteiger charge is -2.17. The number of carboxylic acid groups (broad SMARTS) is 1. The third-order valence-corrected chi connectivity index (χ3v) is 3.11. The van der Waals surface area contributed by atoms with Gasteiger partial charge < -0.3 is 15.2 Å². The SMILES string of the molecule is Cc1ccc(OC(C)C(=O)N[C@H](C)C(=O)O)c(Br)c1. The van der Waals surface area contributed by atoms with Gasteiger partial charge in [0.2, 0.25) is 0 Å². The van der Waals surface area contributed by atoms with Crippen molar-refractivity contribution in [2.75, 3.05) is 0 Å². The van der Waals surface area contributed by atoms with Crippen LogP contribution < -0.4 is 10.1 Å². The molecule has 0 bridgehead atoms. The van der Waals surface area contributed by atoms with Crippen LogP contribution in [0.3, 0.4) is 0 Å². The Hall–Kier alpha value is -1.56. The maximum Gasteiger partial charge on any atom is 0.325 e. The molecule has 0 saturated heterocycles. The number of carbonyl (C=O) groups excluding carboxylic acids is 1. The van der Waals surface area contributed by atoms with E-state index in [0.29, 0.717) is 5.75 Å². The number of amides is 1. The van der Waals surface area contributed by atoms with E-state index in [4.69, 9.17) is 9.84 Å². The molecule has 0 radical (unpaired) electrons. The summed E-state index contributed by atoms with van der Waals surface area (Å²) in [5.74, 6) is -1.02. The van der Waals surface area contributed by atoms with Gasteiger partial charge in [0.25, 0.3) is 5.91 Å². The van der Waals surface area contributed by atoms with Crippen LogP contribution in [0.2, 0.25) is 0 Å². The van der Waals surface area contributed by atoms with Gasteiger partial charge in [0.15, 0.2) is 6.10 Å². The van der Waals surface area contributed by atoms with Gasteiger partial charge in [-0.05, 0) is 54.4 Å². The molecule has 0 aliphatic heterocycles. The molecule has 1 rings (SSSR count). The lowest BCUT2D eigenvalue weighted by Crippen LogP contribution is -2.44. The fraction of sp³-hybridized carbons (Fsp3) is 0.385. The minimum absolute atomic E-state index is 0.470. The van der Waals surface area contributed by atoms with Crippen molar-refractivity contribution in [1.82, 2.24) is 5.32 Å². The maximum atomic E-state index is 11.7. The number of carboxylic acids is 1. The Bertz CT molecular complexity index is 490. The maximum absolute atomic E-state index is 11.7. The number of aryl methyl sites for hydroxylation is 1. The number of hydrogen-bond donors (Lipinski definition) is 2. The van der Waals surface area contributed by atoms with Gasteiger partial charge in [-0.25, -0.2) is 0 Å². The summed E-state index contributed by atoms with van der Waals surface area (Å²) in [6.07, 6.45) is -0.777. The first kappa shape index (κ1) is 15.5. The van der Waals surface area contributed by atoms with E-state index < -0.39 is 24.0 Å². The highest BCUT2D eigenvalue weighted by atomic mass is 79.9. The number of ether oxygens (including phenoxy) is 1. The molecule has 0 heterocycles. The lowest BCUT2D eigenvalue weighted by molar-refractivity contribution is -0.142. The summed E-state index contributed by atoms with van der Waals surface area (Å²) in [5.41, 5.74) is 1.07. The second kappa shape index (κ2) is 6.56. The van der Waals surface area contributed by atoms with E-state index in [9.17, 15) is 9.59 Å². The molecular formula is C13H16BrNO4. The molecule has 6 heteroatoms. The van der Waals surface area contributed by atoms with Crippen molar-refractivity contribution in [2.24, 2.45) is 0 Å². The van der Waals surface area contributed by atoms with Crippen molar-refractivity contribution < 1.29 is 19.4 Å². The van der Waals surface area contributed by atoms with Crippen LogP contribution in [0.25, 0.3) is 0 Å². The van der Waals surface area contributed by atoms with Crippen molar-refractivity contribution in [2.45, 2.75) is 32.9 Å². The topological polar surface area (TPSA) is 75.6 Å². The average molecular weight is 330 g/mol. The Morgan fingerprint density at radius 2 is 2.00 bits per heavy atom. The first-order valence-corrected chi connectivity index (χ1v) is 6.56. The summed E-state index contributed by atoms with van der Waals surface area (Å²) in [6.45, 7) is 4.91. The van der Waals surface area contributed by atoms with E-state index in [2.05, 4.69) is 21.2 Å². The van der Waals surface area contributed by atoms with Gasteiger partial charge in [-0.2, -0.15) is 0 Å². The van der Waals surface area contributed by atoms with E-state index >= 15 is 0 Å². The van der Waals surface area contributed by atoms with E-state index in [1.54, 1.807) is 13.0 Å². The quantitative estimate of drug-likeness (QED) is 0.867. The molecule has 0 aliphatic rings. The van der Waals surface area contributed by atoms with Crippen LogP contribution in [0.5, 0.6) is 5.75 Å². The molecule has 0 spiro atoms. The summed E-state index contributed by atoms with van der Waals surface area (Å²) in [4.78, 5) is 22.4. The van der Waals surface area contributed by atoms with Crippen LogP contribution in [-0.2, 0) is 9.59 Å². The van der Waals surface area contributed by atoms with Gasteiger partial charge in [0.1, 0.15) is 11.8 Å². The zero-order valence-electron chi connectivity index (χ0n) is 10.9. The number of carbonyl (C=O) groups is 2. The van der Waals surface area contributed by atoms with Crippen molar-refractivity contribution >= 4 is 27.8 Å². The van der Waals surface area contributed by atoms with Crippen LogP contribution in [0, 0.1) is 6.92 Å². The average Bonchev–Trinajstić information content (AvgIpc) is 2.32. The van der Waals surface area contributed by atoms with Crippen LogP contribution in [-0.4, -0.2) is 29.1 Å². The minimum atomic E-state index is -1.09. The largest absolute Gasteiger partial charge is 0.480 e. The highest BCUT2D eigenvalue weighted by Gasteiger charge is 2.20. The number of aliphatic carboxylic acids is 1. The third kappa shape index (κ3) is 4.55. The zero-order chi connectivity index (χ0) is 14.6. The number of hydrogen-bond acceptors (Lipinski definition) is 3. The summed E-state index contributed by atoms with van der Waals surface area (Å²) in [6, 6.07) is 4.55. The smallest absolute Gasteiger partial charge is 0.325 e. The van der Waals surface area contributed by atoms with Crippen molar-refractivity contribution in [3.8, 4) is 5.75 Å². The number of rotatable bonds is 5. The summed E-state index contributed by atoms with van der Waals surface area (Å²) in [5, 5.41) is 11.1. The first-order chi connectivity index (χ1) is 8.81. The Labute approximate surface area is 120 Å². The lowest BCUT2D eigenvalue weighted by atomic mass is 10.2. The molecule has 1 amide bonds. The standard InChI is InChI=1S/C13H16BrNO4/c1-7-4-5-11(10(14)6-7)19-9(3)12(16)15-8(2)13(17)18/h4-6,8-9H,1-3H3,(H,15,16)(H,17,18)/t8-,9?/m1/s1. The summed E-state index contributed by atoms with van der Waals surface area (Å²) in [7, 11) is 0. The Morgan fingerprint density at radius 1 is 1.37 bits per heavy atom. The summed E-state index contributed by atoms with van der Waals surface area (Å²) >= 11 is 3.35. The van der Waals surface area contributed by atoms with Gasteiger partial charge in [-0.1, -0.05) is 6.07 Å². The van der Waals surface area contributed by atoms with Crippen molar-refractivity contribution in [1.29, 1.82) is 0 Å². The highest BCUT2D eigenvalue weighted by Crippen LogP contribution is 2.26. The number of nitrogens with one attached hydrogen (secondary N) is 1. The fourth-order valence-electron chi connectivity index (χ4n) is 1.34. The predicted octanol–water partition coefficient (Wildman–Crippen LogP) is 2.11. The fourth-order valence-corrected chi connectivity index (χ4v) is 1.92. The molecule has 1 unspecified atom stereocenters. The summed E-state index contributed by atoms with van der Waals surface area (Å²) < 4.78 is 6.24. The van der Waals surface area contributed by atoms with E-state index in [-0.39, 0.29) is 0 Å². The molecule has 0 aliphatic carbocycles. The normalized spacial score (nSPS) is 13.5. The van der Waals surface area contributed by atoms with Crippen molar-refractivity contribution in [3.63, 3.8) is 0 Å². The van der Waals surface area contributed by atoms with E-state index in [1.165, 1.54) is 6.92 Å². The Morgan fingerprint density at radius 3 is 2.53 bits per heavy atom. The highest BCUT2D eigenvalue weighted by molar-refractivity contribution is 9.10. The predicted molar refractivity (Wildman–Crippen MR) is 74.2 cm³/mol. The van der Waals surface area contributed by atoms with Crippen LogP contribution in [0.15, 0.2) is 22.7 Å². The Balaban J connectivity index is 2.66. The molecule has 0 fully saturated rings. The van der Waals surface area contributed by atoms with Gasteiger partial charge in [-0.3, -0.25) is 9.59 Å². The van der Waals surface area contributed by atoms with Crippen LogP contribution >= 0.6 is 15.9 Å². The van der Waals surface area contributed by atoms with E-state index in [1.807, 2.05) is 19.1 Å². The third-order valence-electron chi connectivity index (χ3n) is 2.49. The van der Waals surface area contributed by atoms with Gasteiger partial charge in [0, 0.05) is 0 Å². The second-order valence-electron chi connectivity index (χ2n) is 4.26. The number of halogens is 1. The molecule has 2 N–H and O–H groups in total. The molecule has 2 atom stereocenters. The van der Waals surface area contributed by atoms with E-state index in [0.717, 1.165) is 10.0 Å². The molecule has 0 saturated carbocycles. The second-order valence-corrected chi connectivity index (χ2v) is 5.12. The monoisotopic (exact) mass is 329 g/mol. The van der Waals surface area contributed by atoms with Crippen LogP contribution in [0.4, 0.5) is 0 Å². The molecule has 0 aromatic heterocycles. The molecule has 19 heavy (non-hydrogen) atoms. The van der Waals surface area contributed by atoms with Gasteiger partial charge in [-0.15, -0.1) is 0 Å². The van der Waals surface area contributed by atoms with Crippen LogP contribution in [0.1, 0.15) is 19.4 Å². The first-order valence-electron chi connectivity index (χ1n) is 5.77. The van der Waals surface area contributed by atoms with Gasteiger partial charge in [0.05, 0.1) is 4.47 Å². The number of benzene rings is 1. The zero-order valence-corrected chi connectivity index (χ0v) is 12.5. The van der Waals surface area contributed by atoms with Crippen molar-refractivity contribution in [3.05, 3.63) is 28.2 Å². The van der Waals surface area contributed by atoms with Gasteiger partial charge >= 0.3 is 5.97 Å². The Kier molecular flexibility index (Phi) is 5.35. The minimum Gasteiger partial charge on any atom is -0.480 e.